The van der Waals surface area contributed by atoms with Gasteiger partial charge in [0.25, 0.3) is 0 Å². The average Bonchev–Trinajstić information content (AvgIpc) is 2.82. The van der Waals surface area contributed by atoms with Gasteiger partial charge in [-0.3, -0.25) is 0 Å². The van der Waals surface area contributed by atoms with E-state index in [9.17, 15) is 8.42 Å². The lowest BCUT2D eigenvalue weighted by Gasteiger charge is -2.13. The highest BCUT2D eigenvalue weighted by atomic mass is 35.5. The van der Waals surface area contributed by atoms with E-state index in [-0.39, 0.29) is 17.5 Å². The van der Waals surface area contributed by atoms with Crippen molar-refractivity contribution < 1.29 is 8.42 Å². The van der Waals surface area contributed by atoms with E-state index in [4.69, 9.17) is 23.2 Å². The van der Waals surface area contributed by atoms with Crippen LogP contribution >= 0.6 is 23.2 Å². The van der Waals surface area contributed by atoms with Gasteiger partial charge in [0.15, 0.2) is 9.84 Å². The van der Waals surface area contributed by atoms with Crippen molar-refractivity contribution in [3.05, 3.63) is 40.6 Å². The Hall–Kier alpha value is -1.57. The van der Waals surface area contributed by atoms with Crippen molar-refractivity contribution in [1.29, 1.82) is 0 Å². The number of rotatable bonds is 4. The third-order valence-electron chi connectivity index (χ3n) is 3.44. The number of benzene rings is 1. The van der Waals surface area contributed by atoms with Gasteiger partial charge in [-0.05, 0) is 24.6 Å². The molecule has 0 spiro atoms. The molecule has 1 atom stereocenters. The molecule has 0 amide bonds. The summed E-state index contributed by atoms with van der Waals surface area (Å²) in [6.07, 6.45) is 1.97. The summed E-state index contributed by atoms with van der Waals surface area (Å²) < 4.78 is 23.0. The van der Waals surface area contributed by atoms with Gasteiger partial charge in [-0.1, -0.05) is 23.2 Å². The molecule has 1 unspecified atom stereocenters. The lowest BCUT2D eigenvalue weighted by molar-refractivity contribution is 0.602. The van der Waals surface area contributed by atoms with Crippen molar-refractivity contribution in [3.8, 4) is 0 Å². The van der Waals surface area contributed by atoms with Crippen LogP contribution in [0.4, 0.5) is 17.3 Å². The molecule has 0 radical (unpaired) electrons. The molecule has 0 bridgehead atoms. The summed E-state index contributed by atoms with van der Waals surface area (Å²) in [6, 6.07) is 6.65. The van der Waals surface area contributed by atoms with Crippen LogP contribution < -0.4 is 10.6 Å². The molecule has 1 aliphatic rings. The Kier molecular flexibility index (Phi) is 4.61. The van der Waals surface area contributed by atoms with Crippen molar-refractivity contribution in [1.82, 2.24) is 9.97 Å². The molecule has 1 aromatic heterocycles. The number of hydrogen-bond donors (Lipinski definition) is 2. The van der Waals surface area contributed by atoms with E-state index in [1.165, 1.54) is 6.33 Å². The van der Waals surface area contributed by atoms with Crippen molar-refractivity contribution >= 4 is 50.4 Å². The first kappa shape index (κ1) is 16.3. The van der Waals surface area contributed by atoms with E-state index in [0.717, 1.165) is 0 Å². The molecule has 0 aliphatic carbocycles. The lowest BCUT2D eigenvalue weighted by Crippen LogP contribution is -2.21. The average molecular weight is 373 g/mol. The fourth-order valence-corrected chi connectivity index (χ4v) is 4.36. The fraction of sp³-hybridized carbons (Fsp3) is 0.286. The topological polar surface area (TPSA) is 84.0 Å². The molecule has 1 fully saturated rings. The van der Waals surface area contributed by atoms with Crippen LogP contribution in [0, 0.1) is 0 Å². The van der Waals surface area contributed by atoms with Crippen LogP contribution in [0.5, 0.6) is 0 Å². The van der Waals surface area contributed by atoms with Crippen LogP contribution in [-0.4, -0.2) is 35.9 Å². The Morgan fingerprint density at radius 1 is 1.13 bits per heavy atom. The number of anilines is 3. The second kappa shape index (κ2) is 6.51. The number of nitrogens with one attached hydrogen (secondary N) is 2. The molecule has 1 saturated heterocycles. The van der Waals surface area contributed by atoms with Gasteiger partial charge in [0, 0.05) is 17.1 Å². The quantitative estimate of drug-likeness (QED) is 0.857. The molecule has 3 rings (SSSR count). The van der Waals surface area contributed by atoms with E-state index in [1.807, 2.05) is 0 Å². The third-order valence-corrected chi connectivity index (χ3v) is 5.78. The molecule has 0 saturated carbocycles. The molecule has 9 heteroatoms. The summed E-state index contributed by atoms with van der Waals surface area (Å²) in [4.78, 5) is 8.24. The number of nitrogens with zero attached hydrogens (tertiary/aromatic N) is 2. The maximum Gasteiger partial charge on any atom is 0.152 e. The van der Waals surface area contributed by atoms with Gasteiger partial charge < -0.3 is 10.6 Å². The van der Waals surface area contributed by atoms with Crippen molar-refractivity contribution in [3.63, 3.8) is 0 Å². The highest BCUT2D eigenvalue weighted by Gasteiger charge is 2.27. The van der Waals surface area contributed by atoms with Crippen LogP contribution in [0.2, 0.25) is 10.0 Å². The zero-order valence-corrected chi connectivity index (χ0v) is 14.3. The molecule has 122 valence electrons. The molecule has 1 aromatic carbocycles. The monoisotopic (exact) mass is 372 g/mol. The largest absolute Gasteiger partial charge is 0.366 e. The van der Waals surface area contributed by atoms with Crippen LogP contribution in [0.25, 0.3) is 0 Å². The number of aromatic nitrogens is 2. The predicted molar refractivity (Wildman–Crippen MR) is 92.5 cm³/mol. The van der Waals surface area contributed by atoms with Gasteiger partial charge in [0.05, 0.1) is 22.2 Å². The Bertz CT molecular complexity index is 829. The molecule has 2 N–H and O–H groups in total. The minimum absolute atomic E-state index is 0.125. The van der Waals surface area contributed by atoms with Gasteiger partial charge in [0.1, 0.15) is 18.0 Å². The zero-order chi connectivity index (χ0) is 16.4. The SMILES string of the molecule is O=S1(=O)CCC(Nc2cc(Nc3cc(Cl)ccc3Cl)ncn2)C1. The maximum atomic E-state index is 11.5. The van der Waals surface area contributed by atoms with E-state index < -0.39 is 9.84 Å². The summed E-state index contributed by atoms with van der Waals surface area (Å²) in [5.74, 6) is 1.43. The molecule has 6 nitrogen and oxygen atoms in total. The lowest BCUT2D eigenvalue weighted by atomic mass is 10.2. The minimum Gasteiger partial charge on any atom is -0.366 e. The van der Waals surface area contributed by atoms with Gasteiger partial charge in [-0.15, -0.1) is 0 Å². The van der Waals surface area contributed by atoms with Crippen molar-refractivity contribution in [2.45, 2.75) is 12.5 Å². The summed E-state index contributed by atoms with van der Waals surface area (Å²) in [6.45, 7) is 0. The number of halogens is 2. The van der Waals surface area contributed by atoms with Crippen molar-refractivity contribution in [2.75, 3.05) is 22.1 Å². The maximum absolute atomic E-state index is 11.5. The highest BCUT2D eigenvalue weighted by molar-refractivity contribution is 7.91. The second-order valence-corrected chi connectivity index (χ2v) is 8.35. The Labute approximate surface area is 144 Å². The zero-order valence-electron chi connectivity index (χ0n) is 12.0. The molecule has 2 aromatic rings. The predicted octanol–water partition coefficient (Wildman–Crippen LogP) is 3.13. The summed E-state index contributed by atoms with van der Waals surface area (Å²) in [5.41, 5.74) is 0.632. The summed E-state index contributed by atoms with van der Waals surface area (Å²) in [7, 11) is -2.94. The molecule has 1 aliphatic heterocycles. The normalized spacial score (nSPS) is 19.5. The van der Waals surface area contributed by atoms with Crippen LogP contribution in [-0.2, 0) is 9.84 Å². The fourth-order valence-electron chi connectivity index (χ4n) is 2.35. The Morgan fingerprint density at radius 3 is 2.65 bits per heavy atom. The Morgan fingerprint density at radius 2 is 1.91 bits per heavy atom. The van der Waals surface area contributed by atoms with E-state index >= 15 is 0 Å². The minimum atomic E-state index is -2.94. The van der Waals surface area contributed by atoms with Gasteiger partial charge >= 0.3 is 0 Å². The second-order valence-electron chi connectivity index (χ2n) is 5.28. The van der Waals surface area contributed by atoms with Crippen molar-refractivity contribution in [2.24, 2.45) is 0 Å². The molecular formula is C14H14Cl2N4O2S. The van der Waals surface area contributed by atoms with Crippen LogP contribution in [0.1, 0.15) is 6.42 Å². The molecule has 2 heterocycles. The smallest absolute Gasteiger partial charge is 0.152 e. The first-order valence-corrected chi connectivity index (χ1v) is 9.50. The number of hydrogen-bond acceptors (Lipinski definition) is 6. The van der Waals surface area contributed by atoms with Crippen LogP contribution in [0.15, 0.2) is 30.6 Å². The first-order valence-electron chi connectivity index (χ1n) is 6.92. The summed E-state index contributed by atoms with van der Waals surface area (Å²) >= 11 is 12.1. The third kappa shape index (κ3) is 4.25. The van der Waals surface area contributed by atoms with E-state index in [1.54, 1.807) is 24.3 Å². The highest BCUT2D eigenvalue weighted by Crippen LogP contribution is 2.28. The number of sulfone groups is 1. The van der Waals surface area contributed by atoms with E-state index in [2.05, 4.69) is 20.6 Å². The molecular weight excluding hydrogens is 359 g/mol. The van der Waals surface area contributed by atoms with Crippen LogP contribution in [0.3, 0.4) is 0 Å². The van der Waals surface area contributed by atoms with Gasteiger partial charge in [-0.25, -0.2) is 18.4 Å². The first-order chi connectivity index (χ1) is 10.9. The Balaban J connectivity index is 1.74. The molecule has 23 heavy (non-hydrogen) atoms. The summed E-state index contributed by atoms with van der Waals surface area (Å²) in [5, 5.41) is 7.26. The standard InChI is InChI=1S/C14H14Cl2N4O2S/c15-9-1-2-11(16)12(5-9)20-14-6-13(17-8-18-14)19-10-3-4-23(21,22)7-10/h1-2,5-6,8,10H,3-4,7H2,(H2,17,18,19,20). The van der Waals surface area contributed by atoms with E-state index in [0.29, 0.717) is 33.8 Å². The van der Waals surface area contributed by atoms with Gasteiger partial charge in [0.2, 0.25) is 0 Å². The van der Waals surface area contributed by atoms with Gasteiger partial charge in [-0.2, -0.15) is 0 Å².